The van der Waals surface area contributed by atoms with E-state index >= 15 is 0 Å². The molecule has 0 heterocycles. The van der Waals surface area contributed by atoms with Crippen molar-refractivity contribution in [3.63, 3.8) is 0 Å². The van der Waals surface area contributed by atoms with E-state index in [0.717, 1.165) is 10.0 Å². The Kier molecular flexibility index (Phi) is 5.76. The summed E-state index contributed by atoms with van der Waals surface area (Å²) in [6.45, 7) is 1.76. The van der Waals surface area contributed by atoms with Gasteiger partial charge in [0.15, 0.2) is 12.9 Å². The number of hydrogen-bond acceptors (Lipinski definition) is 4. The summed E-state index contributed by atoms with van der Waals surface area (Å²) in [6, 6.07) is 10.4. The maximum atomic E-state index is 12.0. The molecule has 0 radical (unpaired) electrons. The normalized spacial score (nSPS) is 10.0. The van der Waals surface area contributed by atoms with Crippen molar-refractivity contribution >= 4 is 33.8 Å². The quantitative estimate of drug-likeness (QED) is 0.781. The molecule has 0 saturated heterocycles. The Labute approximate surface area is 142 Å². The molecule has 2 aromatic rings. The third-order valence-electron chi connectivity index (χ3n) is 3.10. The van der Waals surface area contributed by atoms with E-state index in [1.807, 2.05) is 25.1 Å². The number of hydrogen-bond donors (Lipinski definition) is 1. The Morgan fingerprint density at radius 3 is 2.70 bits per heavy atom. The number of rotatable bonds is 6. The number of ether oxygens (including phenoxy) is 2. The number of aryl methyl sites for hydroxylation is 1. The number of nitrogens with one attached hydrogen (secondary N) is 1. The fourth-order valence-electron chi connectivity index (χ4n) is 1.93. The van der Waals surface area contributed by atoms with Crippen LogP contribution in [0.2, 0.25) is 0 Å². The van der Waals surface area contributed by atoms with Crippen molar-refractivity contribution in [2.24, 2.45) is 0 Å². The van der Waals surface area contributed by atoms with Crippen LogP contribution in [0.5, 0.6) is 11.5 Å². The molecule has 0 aliphatic rings. The van der Waals surface area contributed by atoms with Crippen LogP contribution in [-0.4, -0.2) is 25.9 Å². The first-order valence-corrected chi connectivity index (χ1v) is 7.65. The Balaban J connectivity index is 2.00. The first kappa shape index (κ1) is 17.0. The summed E-state index contributed by atoms with van der Waals surface area (Å²) in [5.74, 6) is 0.564. The Hall–Kier alpha value is -2.34. The first-order valence-electron chi connectivity index (χ1n) is 6.85. The highest BCUT2D eigenvalue weighted by Crippen LogP contribution is 2.24. The van der Waals surface area contributed by atoms with Crippen LogP contribution >= 0.6 is 15.9 Å². The molecule has 0 aromatic heterocycles. The van der Waals surface area contributed by atoms with Gasteiger partial charge in [-0.1, -0.05) is 6.07 Å². The molecule has 0 saturated carbocycles. The van der Waals surface area contributed by atoms with Crippen LogP contribution in [0.4, 0.5) is 5.69 Å². The van der Waals surface area contributed by atoms with Crippen LogP contribution in [0.1, 0.15) is 15.9 Å². The van der Waals surface area contributed by atoms with E-state index in [1.165, 1.54) is 7.11 Å². The lowest BCUT2D eigenvalue weighted by Crippen LogP contribution is -2.20. The third kappa shape index (κ3) is 4.56. The highest BCUT2D eigenvalue weighted by Gasteiger charge is 2.10. The summed E-state index contributed by atoms with van der Waals surface area (Å²) in [7, 11) is 1.51. The van der Waals surface area contributed by atoms with Crippen LogP contribution in [0, 0.1) is 6.92 Å². The van der Waals surface area contributed by atoms with Crippen molar-refractivity contribution < 1.29 is 19.1 Å². The minimum Gasteiger partial charge on any atom is -0.497 e. The largest absolute Gasteiger partial charge is 0.497 e. The molecule has 23 heavy (non-hydrogen) atoms. The summed E-state index contributed by atoms with van der Waals surface area (Å²) in [6.07, 6.45) is 0.659. The smallest absolute Gasteiger partial charge is 0.262 e. The van der Waals surface area contributed by atoms with Crippen LogP contribution in [0.15, 0.2) is 40.9 Å². The van der Waals surface area contributed by atoms with Gasteiger partial charge in [0.2, 0.25) is 0 Å². The molecule has 120 valence electrons. The summed E-state index contributed by atoms with van der Waals surface area (Å²) in [4.78, 5) is 23.0. The number of benzene rings is 2. The molecule has 5 nitrogen and oxygen atoms in total. The molecule has 1 N–H and O–H groups in total. The number of anilines is 1. The van der Waals surface area contributed by atoms with E-state index in [2.05, 4.69) is 21.2 Å². The summed E-state index contributed by atoms with van der Waals surface area (Å²) in [5.41, 5.74) is 2.07. The average Bonchev–Trinajstić information content (AvgIpc) is 2.55. The topological polar surface area (TPSA) is 64.6 Å². The Bertz CT molecular complexity index is 731. The zero-order valence-electron chi connectivity index (χ0n) is 12.8. The van der Waals surface area contributed by atoms with Gasteiger partial charge in [0.1, 0.15) is 11.5 Å². The monoisotopic (exact) mass is 377 g/mol. The van der Waals surface area contributed by atoms with E-state index in [0.29, 0.717) is 29.0 Å². The second-order valence-electron chi connectivity index (χ2n) is 4.84. The van der Waals surface area contributed by atoms with E-state index in [4.69, 9.17) is 9.47 Å². The van der Waals surface area contributed by atoms with Crippen molar-refractivity contribution in [1.82, 2.24) is 0 Å². The molecule has 0 atom stereocenters. The van der Waals surface area contributed by atoms with Gasteiger partial charge in [0, 0.05) is 4.47 Å². The second-order valence-corrected chi connectivity index (χ2v) is 5.70. The fourth-order valence-corrected chi connectivity index (χ4v) is 2.52. The van der Waals surface area contributed by atoms with Gasteiger partial charge in [-0.25, -0.2) is 0 Å². The van der Waals surface area contributed by atoms with Gasteiger partial charge in [-0.05, 0) is 58.7 Å². The third-order valence-corrected chi connectivity index (χ3v) is 3.76. The van der Waals surface area contributed by atoms with Gasteiger partial charge in [0.25, 0.3) is 5.91 Å². The molecule has 0 aliphatic heterocycles. The van der Waals surface area contributed by atoms with Crippen LogP contribution in [0.3, 0.4) is 0 Å². The Morgan fingerprint density at radius 1 is 1.26 bits per heavy atom. The van der Waals surface area contributed by atoms with Crippen LogP contribution < -0.4 is 14.8 Å². The van der Waals surface area contributed by atoms with Crippen molar-refractivity contribution in [2.75, 3.05) is 19.0 Å². The molecular weight excluding hydrogens is 362 g/mol. The van der Waals surface area contributed by atoms with Crippen molar-refractivity contribution in [2.45, 2.75) is 6.92 Å². The van der Waals surface area contributed by atoms with Crippen molar-refractivity contribution in [3.8, 4) is 11.5 Å². The summed E-state index contributed by atoms with van der Waals surface area (Å²) < 4.78 is 11.2. The van der Waals surface area contributed by atoms with Gasteiger partial charge in [-0.15, -0.1) is 0 Å². The van der Waals surface area contributed by atoms with Gasteiger partial charge in [0.05, 0.1) is 18.4 Å². The van der Waals surface area contributed by atoms with Crippen LogP contribution in [-0.2, 0) is 4.79 Å². The lowest BCUT2D eigenvalue weighted by molar-refractivity contribution is -0.118. The second kappa shape index (κ2) is 7.78. The van der Waals surface area contributed by atoms with E-state index in [9.17, 15) is 9.59 Å². The molecule has 0 aliphatic carbocycles. The van der Waals surface area contributed by atoms with Gasteiger partial charge in [-0.3, -0.25) is 9.59 Å². The molecule has 0 bridgehead atoms. The zero-order valence-corrected chi connectivity index (χ0v) is 14.3. The maximum Gasteiger partial charge on any atom is 0.262 e. The van der Waals surface area contributed by atoms with E-state index < -0.39 is 0 Å². The zero-order chi connectivity index (χ0) is 16.8. The molecule has 0 fully saturated rings. The number of methoxy groups -OCH3 is 1. The number of aldehydes is 1. The number of carbonyl (C=O) groups excluding carboxylic acids is 2. The predicted molar refractivity (Wildman–Crippen MR) is 91.4 cm³/mol. The molecule has 0 unspecified atom stereocenters. The predicted octanol–water partition coefficient (Wildman–Crippen LogP) is 3.60. The minimum absolute atomic E-state index is 0.201. The number of halogens is 1. The van der Waals surface area contributed by atoms with E-state index in [1.54, 1.807) is 18.2 Å². The average molecular weight is 378 g/mol. The minimum atomic E-state index is -0.317. The summed E-state index contributed by atoms with van der Waals surface area (Å²) >= 11 is 3.39. The molecule has 2 rings (SSSR count). The van der Waals surface area contributed by atoms with Gasteiger partial charge in [-0.2, -0.15) is 0 Å². The first-order chi connectivity index (χ1) is 11.0. The number of carbonyl (C=O) groups is 2. The SMILES string of the molecule is COc1ccc(OCC(=O)Nc2ccc(C)cc2Br)c(C=O)c1. The molecule has 6 heteroatoms. The molecule has 0 spiro atoms. The fraction of sp³-hybridized carbons (Fsp3) is 0.176. The molecule has 2 aromatic carbocycles. The van der Waals surface area contributed by atoms with Crippen LogP contribution in [0.25, 0.3) is 0 Å². The molecular formula is C17H16BrNO4. The standard InChI is InChI=1S/C17H16BrNO4/c1-11-3-5-15(14(18)7-11)19-17(21)10-23-16-6-4-13(22-2)8-12(16)9-20/h3-9H,10H2,1-2H3,(H,19,21). The molecule has 1 amide bonds. The lowest BCUT2D eigenvalue weighted by atomic mass is 10.2. The highest BCUT2D eigenvalue weighted by molar-refractivity contribution is 9.10. The maximum absolute atomic E-state index is 12.0. The van der Waals surface area contributed by atoms with E-state index in [-0.39, 0.29) is 12.5 Å². The van der Waals surface area contributed by atoms with Crippen molar-refractivity contribution in [3.05, 3.63) is 52.0 Å². The van der Waals surface area contributed by atoms with Gasteiger partial charge >= 0.3 is 0 Å². The Morgan fingerprint density at radius 2 is 2.04 bits per heavy atom. The van der Waals surface area contributed by atoms with Crippen molar-refractivity contribution in [1.29, 1.82) is 0 Å². The van der Waals surface area contributed by atoms with Gasteiger partial charge < -0.3 is 14.8 Å². The summed E-state index contributed by atoms with van der Waals surface area (Å²) in [5, 5.41) is 2.74. The lowest BCUT2D eigenvalue weighted by Gasteiger charge is -2.11. The number of amides is 1. The highest BCUT2D eigenvalue weighted by atomic mass is 79.9.